The van der Waals surface area contributed by atoms with Crippen molar-refractivity contribution >= 4 is 6.29 Å². The van der Waals surface area contributed by atoms with Gasteiger partial charge in [-0.25, -0.2) is 17.6 Å². The Labute approximate surface area is 64.6 Å². The lowest BCUT2D eigenvalue weighted by Gasteiger charge is -1.97. The molecule has 0 aliphatic rings. The molecule has 1 aromatic rings. The standard InChI is InChI=1S/C7HF4O/c8-4-1-3(2-12)5(9)7(11)6(4)10/h1H. The maximum Gasteiger partial charge on any atom is 0.236 e. The smallest absolute Gasteiger partial charge is 0.236 e. The van der Waals surface area contributed by atoms with E-state index in [1.807, 2.05) is 0 Å². The first-order valence-corrected chi connectivity index (χ1v) is 2.79. The van der Waals surface area contributed by atoms with Gasteiger partial charge in [-0.05, 0) is 6.07 Å². The Bertz CT molecular complexity index is 335. The minimum Gasteiger partial charge on any atom is -0.285 e. The molecule has 0 bridgehead atoms. The topological polar surface area (TPSA) is 17.1 Å². The molecule has 0 fully saturated rings. The van der Waals surface area contributed by atoms with Gasteiger partial charge in [0.2, 0.25) is 6.29 Å². The van der Waals surface area contributed by atoms with E-state index in [1.54, 1.807) is 0 Å². The largest absolute Gasteiger partial charge is 0.285 e. The quantitative estimate of drug-likeness (QED) is 0.362. The van der Waals surface area contributed by atoms with Crippen LogP contribution < -0.4 is 0 Å². The zero-order chi connectivity index (χ0) is 9.30. The summed E-state index contributed by atoms with van der Waals surface area (Å²) in [4.78, 5) is 9.82. The van der Waals surface area contributed by atoms with Gasteiger partial charge in [0.25, 0.3) is 0 Å². The van der Waals surface area contributed by atoms with Crippen LogP contribution in [0.4, 0.5) is 17.6 Å². The maximum atomic E-state index is 12.4. The molecule has 0 amide bonds. The molecule has 5 heteroatoms. The molecule has 0 aliphatic carbocycles. The number of carbonyl (C=O) groups excluding carboxylic acids is 1. The van der Waals surface area contributed by atoms with E-state index in [-0.39, 0.29) is 6.07 Å². The summed E-state index contributed by atoms with van der Waals surface area (Å²) in [5, 5.41) is 0. The lowest BCUT2D eigenvalue weighted by molar-refractivity contribution is 0.407. The van der Waals surface area contributed by atoms with Crippen molar-refractivity contribution in [1.82, 2.24) is 0 Å². The fraction of sp³-hybridized carbons (Fsp3) is 0. The molecular weight excluding hydrogens is 176 g/mol. The van der Waals surface area contributed by atoms with E-state index in [4.69, 9.17) is 0 Å². The maximum absolute atomic E-state index is 12.4. The van der Waals surface area contributed by atoms with Crippen molar-refractivity contribution < 1.29 is 22.4 Å². The average Bonchev–Trinajstić information content (AvgIpc) is 2.08. The summed E-state index contributed by atoms with van der Waals surface area (Å²) in [5.41, 5.74) is -0.966. The number of rotatable bonds is 1. The highest BCUT2D eigenvalue weighted by Crippen LogP contribution is 2.16. The zero-order valence-electron chi connectivity index (χ0n) is 5.50. The van der Waals surface area contributed by atoms with Crippen molar-refractivity contribution in [2.24, 2.45) is 0 Å². The van der Waals surface area contributed by atoms with E-state index in [1.165, 1.54) is 0 Å². The van der Waals surface area contributed by atoms with Gasteiger partial charge in [0, 0.05) is 0 Å². The second-order valence-electron chi connectivity index (χ2n) is 1.95. The third-order valence-electron chi connectivity index (χ3n) is 1.21. The van der Waals surface area contributed by atoms with Gasteiger partial charge in [-0.15, -0.1) is 0 Å². The Hall–Kier alpha value is -1.39. The molecule has 1 aromatic carbocycles. The normalized spacial score (nSPS) is 10.0. The van der Waals surface area contributed by atoms with Gasteiger partial charge >= 0.3 is 0 Å². The van der Waals surface area contributed by atoms with Crippen LogP contribution in [0, 0.1) is 23.3 Å². The molecule has 0 spiro atoms. The van der Waals surface area contributed by atoms with Crippen LogP contribution in [0.1, 0.15) is 5.56 Å². The molecule has 0 saturated carbocycles. The molecule has 0 atom stereocenters. The lowest BCUT2D eigenvalue weighted by Crippen LogP contribution is -2.00. The highest BCUT2D eigenvalue weighted by molar-refractivity contribution is 5.75. The Balaban J connectivity index is 3.49. The number of halogens is 4. The summed E-state index contributed by atoms with van der Waals surface area (Å²) in [6.45, 7) is 0. The summed E-state index contributed by atoms with van der Waals surface area (Å²) < 4.78 is 49.1. The molecule has 0 heterocycles. The molecular formula is C7HF4O. The van der Waals surface area contributed by atoms with Gasteiger partial charge in [-0.3, -0.25) is 4.79 Å². The van der Waals surface area contributed by atoms with Crippen LogP contribution in [-0.4, -0.2) is 6.29 Å². The van der Waals surface area contributed by atoms with Gasteiger partial charge in [-0.1, -0.05) is 0 Å². The lowest BCUT2D eigenvalue weighted by atomic mass is 10.2. The van der Waals surface area contributed by atoms with Crippen LogP contribution in [0.2, 0.25) is 0 Å². The number of hydrogen-bond acceptors (Lipinski definition) is 1. The first-order chi connectivity index (χ1) is 5.57. The highest BCUT2D eigenvalue weighted by atomic mass is 19.2. The summed E-state index contributed by atoms with van der Waals surface area (Å²) in [6.07, 6.45) is 0.932. The summed E-state index contributed by atoms with van der Waals surface area (Å²) in [6, 6.07) is 0.237. The molecule has 63 valence electrons. The van der Waals surface area contributed by atoms with Crippen LogP contribution in [0.25, 0.3) is 0 Å². The van der Waals surface area contributed by atoms with Crippen molar-refractivity contribution in [3.05, 3.63) is 34.9 Å². The summed E-state index contributed by atoms with van der Waals surface area (Å²) >= 11 is 0. The zero-order valence-corrected chi connectivity index (χ0v) is 5.50. The van der Waals surface area contributed by atoms with Crippen molar-refractivity contribution in [3.8, 4) is 0 Å². The van der Waals surface area contributed by atoms with Crippen LogP contribution in [0.15, 0.2) is 6.07 Å². The molecule has 0 unspecified atom stereocenters. The van der Waals surface area contributed by atoms with E-state index in [2.05, 4.69) is 0 Å². The second kappa shape index (κ2) is 2.92. The van der Waals surface area contributed by atoms with Gasteiger partial charge in [0.15, 0.2) is 23.3 Å². The number of benzene rings is 1. The molecule has 1 radical (unpaired) electrons. The van der Waals surface area contributed by atoms with Crippen LogP contribution >= 0.6 is 0 Å². The van der Waals surface area contributed by atoms with E-state index in [0.29, 0.717) is 0 Å². The molecule has 0 aromatic heterocycles. The highest BCUT2D eigenvalue weighted by Gasteiger charge is 2.18. The Morgan fingerprint density at radius 2 is 1.58 bits per heavy atom. The van der Waals surface area contributed by atoms with Gasteiger partial charge in [0.1, 0.15) is 0 Å². The first-order valence-electron chi connectivity index (χ1n) is 2.79. The predicted octanol–water partition coefficient (Wildman–Crippen LogP) is 1.70. The van der Waals surface area contributed by atoms with Crippen molar-refractivity contribution in [3.63, 3.8) is 0 Å². The molecule has 12 heavy (non-hydrogen) atoms. The molecule has 0 saturated heterocycles. The Morgan fingerprint density at radius 3 is 2.08 bits per heavy atom. The average molecular weight is 177 g/mol. The van der Waals surface area contributed by atoms with Crippen LogP contribution in [0.3, 0.4) is 0 Å². The van der Waals surface area contributed by atoms with Gasteiger partial charge in [0.05, 0.1) is 5.56 Å². The minimum atomic E-state index is -2.01. The van der Waals surface area contributed by atoms with Gasteiger partial charge in [-0.2, -0.15) is 0 Å². The van der Waals surface area contributed by atoms with E-state index in [0.717, 1.165) is 6.29 Å². The van der Waals surface area contributed by atoms with Crippen LogP contribution in [0.5, 0.6) is 0 Å². The van der Waals surface area contributed by atoms with Crippen molar-refractivity contribution in [2.45, 2.75) is 0 Å². The van der Waals surface area contributed by atoms with E-state index >= 15 is 0 Å². The first kappa shape index (κ1) is 8.70. The predicted molar refractivity (Wildman–Crippen MR) is 31.1 cm³/mol. The minimum absolute atomic E-state index is 0.237. The molecule has 1 rings (SSSR count). The van der Waals surface area contributed by atoms with E-state index < -0.39 is 28.8 Å². The van der Waals surface area contributed by atoms with E-state index in [9.17, 15) is 22.4 Å². The van der Waals surface area contributed by atoms with Gasteiger partial charge < -0.3 is 0 Å². The monoisotopic (exact) mass is 177 g/mol. The van der Waals surface area contributed by atoms with Crippen LogP contribution in [-0.2, 0) is 4.79 Å². The third-order valence-corrected chi connectivity index (χ3v) is 1.21. The van der Waals surface area contributed by atoms with Crippen molar-refractivity contribution in [1.29, 1.82) is 0 Å². The fourth-order valence-corrected chi connectivity index (χ4v) is 0.647. The molecule has 0 aliphatic heterocycles. The van der Waals surface area contributed by atoms with Crippen molar-refractivity contribution in [2.75, 3.05) is 0 Å². The SMILES string of the molecule is O=[C]c1cc(F)c(F)c(F)c1F. The summed E-state index contributed by atoms with van der Waals surface area (Å²) in [7, 11) is 0. The second-order valence-corrected chi connectivity index (χ2v) is 1.95. The fourth-order valence-electron chi connectivity index (χ4n) is 0.647. The third kappa shape index (κ3) is 1.17. The Kier molecular flexibility index (Phi) is 2.12. The molecule has 1 nitrogen and oxygen atoms in total. The Morgan fingerprint density at radius 1 is 1.00 bits per heavy atom. The summed E-state index contributed by atoms with van der Waals surface area (Å²) in [5.74, 6) is -7.30. The number of hydrogen-bond donors (Lipinski definition) is 0. The molecule has 0 N–H and O–H groups in total.